The van der Waals surface area contributed by atoms with E-state index in [0.29, 0.717) is 0 Å². The van der Waals surface area contributed by atoms with Crippen LogP contribution in [-0.2, 0) is 0 Å². The van der Waals surface area contributed by atoms with Crippen molar-refractivity contribution < 1.29 is 14.8 Å². The van der Waals surface area contributed by atoms with Crippen molar-refractivity contribution in [2.24, 2.45) is 0 Å². The summed E-state index contributed by atoms with van der Waals surface area (Å²) in [6.07, 6.45) is 0. The molecule has 0 unspecified atom stereocenters. The second-order valence-electron chi connectivity index (χ2n) is 3.49. The molecule has 5 nitrogen and oxygen atoms in total. The Morgan fingerprint density at radius 3 is 2.47 bits per heavy atom. The standard InChI is InChI=1S/C10H11NO4/c1-6(2)7-3-4-9(11(14)15)8(5-7)10(12)13/h3-6H,1-2H3,(H,12,13). The highest BCUT2D eigenvalue weighted by atomic mass is 16.6. The smallest absolute Gasteiger partial charge is 0.342 e. The third-order valence-electron chi connectivity index (χ3n) is 2.11. The van der Waals surface area contributed by atoms with E-state index in [4.69, 9.17) is 5.11 Å². The summed E-state index contributed by atoms with van der Waals surface area (Å²) in [6.45, 7) is 3.79. The minimum atomic E-state index is -1.27. The lowest BCUT2D eigenvalue weighted by molar-refractivity contribution is -0.385. The largest absolute Gasteiger partial charge is 0.477 e. The van der Waals surface area contributed by atoms with Gasteiger partial charge in [0.25, 0.3) is 5.69 Å². The highest BCUT2D eigenvalue weighted by molar-refractivity contribution is 5.92. The second-order valence-corrected chi connectivity index (χ2v) is 3.49. The molecule has 80 valence electrons. The lowest BCUT2D eigenvalue weighted by atomic mass is 10.00. The quantitative estimate of drug-likeness (QED) is 0.612. The van der Waals surface area contributed by atoms with Gasteiger partial charge in [-0.1, -0.05) is 19.9 Å². The van der Waals surface area contributed by atoms with Gasteiger partial charge in [-0.3, -0.25) is 10.1 Å². The normalized spacial score (nSPS) is 10.3. The van der Waals surface area contributed by atoms with Crippen LogP contribution in [0.25, 0.3) is 0 Å². The number of carboxylic acids is 1. The van der Waals surface area contributed by atoms with Crippen LogP contribution in [0.4, 0.5) is 5.69 Å². The van der Waals surface area contributed by atoms with Crippen LogP contribution in [-0.4, -0.2) is 16.0 Å². The van der Waals surface area contributed by atoms with Crippen LogP contribution in [0.1, 0.15) is 35.7 Å². The Hall–Kier alpha value is -1.91. The van der Waals surface area contributed by atoms with Gasteiger partial charge in [0.15, 0.2) is 0 Å². The molecule has 0 spiro atoms. The number of hydrogen-bond acceptors (Lipinski definition) is 3. The molecule has 5 heteroatoms. The maximum absolute atomic E-state index is 10.8. The van der Waals surface area contributed by atoms with E-state index < -0.39 is 10.9 Å². The molecule has 0 aliphatic rings. The van der Waals surface area contributed by atoms with Crippen molar-refractivity contribution in [2.45, 2.75) is 19.8 Å². The van der Waals surface area contributed by atoms with Crippen molar-refractivity contribution in [3.63, 3.8) is 0 Å². The van der Waals surface area contributed by atoms with Gasteiger partial charge in [0.05, 0.1) is 4.92 Å². The number of nitro groups is 1. The molecule has 0 amide bonds. The van der Waals surface area contributed by atoms with Crippen molar-refractivity contribution in [3.8, 4) is 0 Å². The van der Waals surface area contributed by atoms with Crippen LogP contribution in [0.2, 0.25) is 0 Å². The molecule has 0 saturated heterocycles. The van der Waals surface area contributed by atoms with Crippen LogP contribution in [0.15, 0.2) is 18.2 Å². The Kier molecular flexibility index (Phi) is 3.04. The highest BCUT2D eigenvalue weighted by Gasteiger charge is 2.20. The molecular weight excluding hydrogens is 198 g/mol. The summed E-state index contributed by atoms with van der Waals surface area (Å²) in [7, 11) is 0. The van der Waals surface area contributed by atoms with Gasteiger partial charge in [0, 0.05) is 6.07 Å². The second kappa shape index (κ2) is 4.08. The molecule has 1 rings (SSSR count). The molecule has 0 radical (unpaired) electrons. The molecule has 0 aliphatic carbocycles. The number of carboxylic acid groups (broad SMARTS) is 1. The number of nitro benzene ring substituents is 1. The molecule has 0 aliphatic heterocycles. The Morgan fingerprint density at radius 1 is 1.47 bits per heavy atom. The van der Waals surface area contributed by atoms with Crippen molar-refractivity contribution in [3.05, 3.63) is 39.4 Å². The number of hydrogen-bond donors (Lipinski definition) is 1. The minimum absolute atomic E-state index is 0.143. The van der Waals surface area contributed by atoms with Crippen LogP contribution in [0.3, 0.4) is 0 Å². The van der Waals surface area contributed by atoms with Crippen LogP contribution < -0.4 is 0 Å². The minimum Gasteiger partial charge on any atom is -0.477 e. The van der Waals surface area contributed by atoms with E-state index in [1.165, 1.54) is 12.1 Å². The summed E-state index contributed by atoms with van der Waals surface area (Å²) < 4.78 is 0. The van der Waals surface area contributed by atoms with Crippen LogP contribution >= 0.6 is 0 Å². The highest BCUT2D eigenvalue weighted by Crippen LogP contribution is 2.23. The SMILES string of the molecule is CC(C)c1ccc([N+](=O)[O-])c(C(=O)O)c1. The molecule has 1 aromatic rings. The van der Waals surface area contributed by atoms with Crippen molar-refractivity contribution in [2.75, 3.05) is 0 Å². The summed E-state index contributed by atoms with van der Waals surface area (Å²) in [5, 5.41) is 19.4. The van der Waals surface area contributed by atoms with Gasteiger partial charge in [0.1, 0.15) is 5.56 Å². The first-order valence-corrected chi connectivity index (χ1v) is 4.45. The van der Waals surface area contributed by atoms with E-state index in [1.54, 1.807) is 6.07 Å². The lowest BCUT2D eigenvalue weighted by Crippen LogP contribution is -2.04. The maximum Gasteiger partial charge on any atom is 0.342 e. The van der Waals surface area contributed by atoms with Gasteiger partial charge in [-0.15, -0.1) is 0 Å². The van der Waals surface area contributed by atoms with Gasteiger partial charge < -0.3 is 5.11 Å². The van der Waals surface area contributed by atoms with E-state index in [-0.39, 0.29) is 17.2 Å². The Morgan fingerprint density at radius 2 is 2.07 bits per heavy atom. The van der Waals surface area contributed by atoms with Gasteiger partial charge in [-0.05, 0) is 17.5 Å². The predicted molar refractivity (Wildman–Crippen MR) is 54.1 cm³/mol. The molecule has 0 saturated carbocycles. The molecule has 0 heterocycles. The van der Waals surface area contributed by atoms with E-state index in [1.807, 2.05) is 13.8 Å². The fraction of sp³-hybridized carbons (Fsp3) is 0.300. The van der Waals surface area contributed by atoms with Crippen molar-refractivity contribution in [1.29, 1.82) is 0 Å². The lowest BCUT2D eigenvalue weighted by Gasteiger charge is -2.06. The number of carbonyl (C=O) groups is 1. The molecule has 0 bridgehead atoms. The topological polar surface area (TPSA) is 80.4 Å². The summed E-state index contributed by atoms with van der Waals surface area (Å²) in [5.41, 5.74) is 0.149. The summed E-state index contributed by atoms with van der Waals surface area (Å²) >= 11 is 0. The van der Waals surface area contributed by atoms with Crippen LogP contribution in [0, 0.1) is 10.1 Å². The zero-order valence-electron chi connectivity index (χ0n) is 8.43. The first kappa shape index (κ1) is 11.2. The molecule has 1 N–H and O–H groups in total. The van der Waals surface area contributed by atoms with Gasteiger partial charge in [0.2, 0.25) is 0 Å². The van der Waals surface area contributed by atoms with E-state index in [9.17, 15) is 14.9 Å². The predicted octanol–water partition coefficient (Wildman–Crippen LogP) is 2.42. The first-order chi connectivity index (χ1) is 6.93. The van der Waals surface area contributed by atoms with Gasteiger partial charge in [-0.25, -0.2) is 4.79 Å². The fourth-order valence-electron chi connectivity index (χ4n) is 1.24. The van der Waals surface area contributed by atoms with Crippen molar-refractivity contribution >= 4 is 11.7 Å². The Labute approximate surface area is 86.5 Å². The summed E-state index contributed by atoms with van der Waals surface area (Å²) in [6, 6.07) is 4.17. The number of nitrogens with zero attached hydrogens (tertiary/aromatic N) is 1. The maximum atomic E-state index is 10.8. The van der Waals surface area contributed by atoms with Crippen LogP contribution in [0.5, 0.6) is 0 Å². The first-order valence-electron chi connectivity index (χ1n) is 4.45. The average molecular weight is 209 g/mol. The molecule has 15 heavy (non-hydrogen) atoms. The fourth-order valence-corrected chi connectivity index (χ4v) is 1.24. The Balaban J connectivity index is 3.33. The third kappa shape index (κ3) is 2.31. The molecular formula is C10H11NO4. The number of rotatable bonds is 3. The van der Waals surface area contributed by atoms with E-state index in [2.05, 4.69) is 0 Å². The number of benzene rings is 1. The van der Waals surface area contributed by atoms with Gasteiger partial charge >= 0.3 is 5.97 Å². The summed E-state index contributed by atoms with van der Waals surface area (Å²) in [4.78, 5) is 20.7. The molecule has 0 aromatic heterocycles. The van der Waals surface area contributed by atoms with E-state index >= 15 is 0 Å². The zero-order chi connectivity index (χ0) is 11.6. The number of aromatic carboxylic acids is 1. The molecule has 0 fully saturated rings. The average Bonchev–Trinajstić information content (AvgIpc) is 2.16. The zero-order valence-corrected chi connectivity index (χ0v) is 8.43. The van der Waals surface area contributed by atoms with E-state index in [0.717, 1.165) is 5.56 Å². The van der Waals surface area contributed by atoms with Crippen molar-refractivity contribution in [1.82, 2.24) is 0 Å². The molecule has 1 aromatic carbocycles. The monoisotopic (exact) mass is 209 g/mol. The van der Waals surface area contributed by atoms with Gasteiger partial charge in [-0.2, -0.15) is 0 Å². The Bertz CT molecular complexity index is 412. The molecule has 0 atom stereocenters. The summed E-state index contributed by atoms with van der Waals surface area (Å²) in [5.74, 6) is -1.13. The third-order valence-corrected chi connectivity index (χ3v) is 2.11.